The van der Waals surface area contributed by atoms with Gasteiger partial charge in [0.05, 0.1) is 12.3 Å². The molecule has 0 saturated heterocycles. The molecule has 4 aromatic carbocycles. The van der Waals surface area contributed by atoms with Crippen LogP contribution in [0.15, 0.2) is 101 Å². The highest BCUT2D eigenvalue weighted by atomic mass is 79.9. The number of anilines is 1. The zero-order valence-corrected chi connectivity index (χ0v) is 22.3. The van der Waals surface area contributed by atoms with Crippen molar-refractivity contribution in [2.24, 2.45) is 0 Å². The number of carbonyl (C=O) groups excluding carboxylic acids is 2. The van der Waals surface area contributed by atoms with E-state index < -0.39 is 0 Å². The van der Waals surface area contributed by atoms with E-state index in [1.807, 2.05) is 65.2 Å². The number of aromatic nitrogens is 3. The lowest BCUT2D eigenvalue weighted by Crippen LogP contribution is -2.25. The molecule has 0 aliphatic carbocycles. The summed E-state index contributed by atoms with van der Waals surface area (Å²) in [4.78, 5) is 25.6. The van der Waals surface area contributed by atoms with Crippen molar-refractivity contribution in [1.29, 1.82) is 0 Å². The number of halogens is 2. The summed E-state index contributed by atoms with van der Waals surface area (Å²) in [5.41, 5.74) is 1.86. The molecule has 2 amide bonds. The van der Waals surface area contributed by atoms with Gasteiger partial charge in [-0.05, 0) is 65.4 Å². The maximum atomic E-state index is 13.1. The van der Waals surface area contributed by atoms with Gasteiger partial charge in [-0.25, -0.2) is 4.39 Å². The summed E-state index contributed by atoms with van der Waals surface area (Å²) in [6, 6.07) is 26.5. The molecule has 0 unspecified atom stereocenters. The van der Waals surface area contributed by atoms with Crippen LogP contribution < -0.4 is 10.6 Å². The molecule has 0 radical (unpaired) electrons. The van der Waals surface area contributed by atoms with Gasteiger partial charge in [-0.1, -0.05) is 64.1 Å². The number of hydrogen-bond donors (Lipinski definition) is 2. The Hall–Kier alpha value is -4.02. The maximum absolute atomic E-state index is 13.1. The molecule has 1 aromatic heterocycles. The molecule has 5 aromatic rings. The summed E-state index contributed by atoms with van der Waals surface area (Å²) in [5, 5.41) is 16.6. The summed E-state index contributed by atoms with van der Waals surface area (Å²) in [6.07, 6.45) is 0. The number of nitrogens with zero attached hydrogens (tertiary/aromatic N) is 3. The Morgan fingerprint density at radius 1 is 0.895 bits per heavy atom. The first-order valence-electron chi connectivity index (χ1n) is 11.6. The Kier molecular flexibility index (Phi) is 7.81. The number of benzene rings is 4. The van der Waals surface area contributed by atoms with Crippen molar-refractivity contribution in [3.8, 4) is 5.69 Å². The molecule has 0 aliphatic rings. The minimum absolute atomic E-state index is 0.0639. The minimum Gasteiger partial charge on any atom is -0.345 e. The van der Waals surface area contributed by atoms with Crippen LogP contribution in [0.2, 0.25) is 0 Å². The van der Waals surface area contributed by atoms with E-state index in [9.17, 15) is 14.0 Å². The first-order valence-corrected chi connectivity index (χ1v) is 13.4. The van der Waals surface area contributed by atoms with Crippen LogP contribution >= 0.6 is 27.7 Å². The van der Waals surface area contributed by atoms with Gasteiger partial charge in [0.2, 0.25) is 5.91 Å². The van der Waals surface area contributed by atoms with Crippen LogP contribution in [0.25, 0.3) is 16.5 Å². The lowest BCUT2D eigenvalue weighted by molar-refractivity contribution is -0.113. The average molecular weight is 590 g/mol. The first kappa shape index (κ1) is 25.6. The molecule has 38 heavy (non-hydrogen) atoms. The average Bonchev–Trinajstić information content (AvgIpc) is 3.34. The monoisotopic (exact) mass is 589 g/mol. The van der Waals surface area contributed by atoms with Crippen LogP contribution in [0, 0.1) is 5.82 Å². The molecule has 10 heteroatoms. The number of hydrogen-bond acceptors (Lipinski definition) is 5. The normalized spacial score (nSPS) is 10.9. The summed E-state index contributed by atoms with van der Waals surface area (Å²) < 4.78 is 15.9. The molecule has 0 aliphatic heterocycles. The van der Waals surface area contributed by atoms with Gasteiger partial charge < -0.3 is 10.6 Å². The smallest absolute Gasteiger partial charge is 0.252 e. The van der Waals surface area contributed by atoms with Crippen LogP contribution in [0.1, 0.15) is 16.2 Å². The molecule has 2 N–H and O–H groups in total. The molecular weight excluding hydrogens is 569 g/mol. The van der Waals surface area contributed by atoms with E-state index in [0.29, 0.717) is 22.2 Å². The van der Waals surface area contributed by atoms with E-state index >= 15 is 0 Å². The van der Waals surface area contributed by atoms with Crippen LogP contribution in [-0.4, -0.2) is 32.3 Å². The highest BCUT2D eigenvalue weighted by Gasteiger charge is 2.18. The van der Waals surface area contributed by atoms with Crippen LogP contribution in [0.5, 0.6) is 0 Å². The molecule has 0 saturated carbocycles. The second-order valence-corrected chi connectivity index (χ2v) is 10.1. The van der Waals surface area contributed by atoms with Gasteiger partial charge in [-0.15, -0.1) is 10.2 Å². The van der Waals surface area contributed by atoms with Crippen LogP contribution in [0.3, 0.4) is 0 Å². The molecule has 190 valence electrons. The van der Waals surface area contributed by atoms with E-state index in [-0.39, 0.29) is 29.9 Å². The fraction of sp³-hybridized carbons (Fsp3) is 0.0714. The first-order chi connectivity index (χ1) is 18.5. The third-order valence-electron chi connectivity index (χ3n) is 5.69. The second-order valence-electron chi connectivity index (χ2n) is 8.26. The van der Waals surface area contributed by atoms with E-state index in [2.05, 4.69) is 36.8 Å². The van der Waals surface area contributed by atoms with Gasteiger partial charge in [-0.3, -0.25) is 14.2 Å². The zero-order valence-electron chi connectivity index (χ0n) is 19.9. The van der Waals surface area contributed by atoms with Gasteiger partial charge in [0.15, 0.2) is 11.0 Å². The van der Waals surface area contributed by atoms with Crippen molar-refractivity contribution in [2.75, 3.05) is 11.1 Å². The molecular formula is C28H21BrFN5O2S. The highest BCUT2D eigenvalue weighted by molar-refractivity contribution is 9.10. The lowest BCUT2D eigenvalue weighted by Gasteiger charge is -2.12. The highest BCUT2D eigenvalue weighted by Crippen LogP contribution is 2.24. The number of thioether (sulfide) groups is 1. The molecule has 0 bridgehead atoms. The Balaban J connectivity index is 1.34. The number of nitrogens with one attached hydrogen (secondary N) is 2. The van der Waals surface area contributed by atoms with Gasteiger partial charge in [0, 0.05) is 21.4 Å². The van der Waals surface area contributed by atoms with E-state index in [4.69, 9.17) is 0 Å². The summed E-state index contributed by atoms with van der Waals surface area (Å²) >= 11 is 4.66. The van der Waals surface area contributed by atoms with Crippen LogP contribution in [-0.2, 0) is 11.3 Å². The van der Waals surface area contributed by atoms with Crippen molar-refractivity contribution >= 4 is 56.0 Å². The van der Waals surface area contributed by atoms with Gasteiger partial charge in [0.1, 0.15) is 5.82 Å². The van der Waals surface area contributed by atoms with Gasteiger partial charge in [-0.2, -0.15) is 0 Å². The Labute approximate surface area is 230 Å². The predicted molar refractivity (Wildman–Crippen MR) is 150 cm³/mol. The van der Waals surface area contributed by atoms with Crippen molar-refractivity contribution in [1.82, 2.24) is 20.1 Å². The largest absolute Gasteiger partial charge is 0.345 e. The number of rotatable bonds is 8. The Morgan fingerprint density at radius 3 is 2.42 bits per heavy atom. The fourth-order valence-corrected chi connectivity index (χ4v) is 4.93. The quantitative estimate of drug-likeness (QED) is 0.217. The standard InChI is InChI=1S/C28H21BrFN5O2S/c29-19-8-14-22(15-9-19)35-25(16-31-27(37)24-7-3-5-18-4-1-2-6-23(18)24)33-34-28(35)38-17-26(36)32-21-12-10-20(30)11-13-21/h1-15H,16-17H2,(H,31,37)(H,32,36). The van der Waals surface area contributed by atoms with Crippen molar-refractivity contribution in [2.45, 2.75) is 11.7 Å². The predicted octanol–water partition coefficient (Wildman–Crippen LogP) is 5.98. The second kappa shape index (κ2) is 11.6. The van der Waals surface area contributed by atoms with Gasteiger partial charge >= 0.3 is 0 Å². The van der Waals surface area contributed by atoms with Crippen molar-refractivity contribution in [3.05, 3.63) is 113 Å². The summed E-state index contributed by atoms with van der Waals surface area (Å²) in [5.74, 6) is -0.283. The Bertz CT molecular complexity index is 1600. The molecule has 5 rings (SSSR count). The maximum Gasteiger partial charge on any atom is 0.252 e. The minimum atomic E-state index is -0.375. The fourth-order valence-electron chi connectivity index (χ4n) is 3.90. The molecule has 0 atom stereocenters. The van der Waals surface area contributed by atoms with E-state index in [1.165, 1.54) is 36.0 Å². The van der Waals surface area contributed by atoms with E-state index in [0.717, 1.165) is 20.9 Å². The van der Waals surface area contributed by atoms with Crippen molar-refractivity contribution in [3.63, 3.8) is 0 Å². The molecule has 0 spiro atoms. The van der Waals surface area contributed by atoms with Crippen molar-refractivity contribution < 1.29 is 14.0 Å². The molecule has 1 heterocycles. The number of carbonyl (C=O) groups is 2. The number of amides is 2. The lowest BCUT2D eigenvalue weighted by atomic mass is 10.0. The summed E-state index contributed by atoms with van der Waals surface area (Å²) in [6.45, 7) is 0.132. The molecule has 7 nitrogen and oxygen atoms in total. The summed E-state index contributed by atoms with van der Waals surface area (Å²) in [7, 11) is 0. The third-order valence-corrected chi connectivity index (χ3v) is 7.14. The van der Waals surface area contributed by atoms with Crippen LogP contribution in [0.4, 0.5) is 10.1 Å². The number of fused-ring (bicyclic) bond motifs is 1. The molecule has 0 fully saturated rings. The topological polar surface area (TPSA) is 88.9 Å². The van der Waals surface area contributed by atoms with Gasteiger partial charge in [0.25, 0.3) is 5.91 Å². The Morgan fingerprint density at radius 2 is 1.63 bits per heavy atom. The van der Waals surface area contributed by atoms with E-state index in [1.54, 1.807) is 6.07 Å². The zero-order chi connectivity index (χ0) is 26.5. The third kappa shape index (κ3) is 5.92. The SMILES string of the molecule is O=C(CSc1nnc(CNC(=O)c2cccc3ccccc23)n1-c1ccc(Br)cc1)Nc1ccc(F)cc1.